The van der Waals surface area contributed by atoms with E-state index in [0.29, 0.717) is 12.2 Å². The summed E-state index contributed by atoms with van der Waals surface area (Å²) in [5.74, 6) is 0.0448. The van der Waals surface area contributed by atoms with Crippen LogP contribution < -0.4 is 11.1 Å². The van der Waals surface area contributed by atoms with E-state index in [1.807, 2.05) is 31.2 Å². The van der Waals surface area contributed by atoms with Crippen molar-refractivity contribution in [3.63, 3.8) is 0 Å². The van der Waals surface area contributed by atoms with Crippen LogP contribution in [-0.4, -0.2) is 35.9 Å². The molecular weight excluding hydrogens is 240 g/mol. The van der Waals surface area contributed by atoms with Gasteiger partial charge in [0.25, 0.3) is 0 Å². The Hall–Kier alpha value is -2.30. The molecule has 100 valence electrons. The molecule has 0 bridgehead atoms. The average Bonchev–Trinajstić information content (AvgIpc) is 2.45. The van der Waals surface area contributed by atoms with Crippen molar-refractivity contribution in [1.82, 2.24) is 9.88 Å². The maximum Gasteiger partial charge on any atom is 0.241 e. The van der Waals surface area contributed by atoms with Gasteiger partial charge in [-0.1, -0.05) is 0 Å². The number of pyridine rings is 1. The predicted octanol–water partition coefficient (Wildman–Crippen LogP) is 1.71. The number of rotatable bonds is 4. The van der Waals surface area contributed by atoms with Crippen molar-refractivity contribution < 1.29 is 4.79 Å². The van der Waals surface area contributed by atoms with Crippen LogP contribution in [0.2, 0.25) is 0 Å². The molecule has 0 aliphatic carbocycles. The highest BCUT2D eigenvalue weighted by Gasteiger charge is 2.09. The Labute approximate surface area is 112 Å². The van der Waals surface area contributed by atoms with E-state index < -0.39 is 0 Å². The quantitative estimate of drug-likeness (QED) is 0.819. The molecule has 1 aromatic heterocycles. The van der Waals surface area contributed by atoms with Gasteiger partial charge in [-0.05, 0) is 31.2 Å². The van der Waals surface area contributed by atoms with Gasteiger partial charge in [0, 0.05) is 30.9 Å². The highest BCUT2D eigenvalue weighted by molar-refractivity contribution is 5.99. The summed E-state index contributed by atoms with van der Waals surface area (Å²) >= 11 is 0. The molecule has 0 saturated carbocycles. The number of fused-ring (bicyclic) bond motifs is 1. The third-order valence-corrected chi connectivity index (χ3v) is 3.13. The van der Waals surface area contributed by atoms with Crippen LogP contribution in [0.3, 0.4) is 0 Å². The molecule has 1 heterocycles. The summed E-state index contributed by atoms with van der Waals surface area (Å²) in [5, 5.41) is 4.01. The van der Waals surface area contributed by atoms with Gasteiger partial charge >= 0.3 is 0 Å². The van der Waals surface area contributed by atoms with E-state index >= 15 is 0 Å². The average molecular weight is 258 g/mol. The number of hydrogen-bond donors (Lipinski definition) is 2. The molecule has 5 heteroatoms. The Balaban J connectivity index is 2.22. The molecule has 3 N–H and O–H groups in total. The number of hydrogen-bond acceptors (Lipinski definition) is 4. The zero-order valence-electron chi connectivity index (χ0n) is 11.2. The number of nitrogen functional groups attached to an aromatic ring is 1. The van der Waals surface area contributed by atoms with E-state index in [1.54, 1.807) is 18.1 Å². The molecule has 0 fully saturated rings. The molecule has 0 unspecified atom stereocenters. The zero-order chi connectivity index (χ0) is 13.8. The topological polar surface area (TPSA) is 71.2 Å². The molecule has 19 heavy (non-hydrogen) atoms. The van der Waals surface area contributed by atoms with E-state index in [1.165, 1.54) is 0 Å². The molecule has 1 aromatic carbocycles. The van der Waals surface area contributed by atoms with Gasteiger partial charge in [0.05, 0.1) is 17.7 Å². The number of carbonyl (C=O) groups excluding carboxylic acids is 1. The molecule has 1 amide bonds. The third kappa shape index (κ3) is 2.76. The summed E-state index contributed by atoms with van der Waals surface area (Å²) in [5.41, 5.74) is 8.20. The first kappa shape index (κ1) is 13.1. The number of carbonyl (C=O) groups is 1. The number of nitrogens with one attached hydrogen (secondary N) is 1. The Kier molecular flexibility index (Phi) is 3.85. The molecular formula is C14H18N4O. The molecule has 0 saturated heterocycles. The second-order valence-corrected chi connectivity index (χ2v) is 4.36. The molecule has 0 radical (unpaired) electrons. The van der Waals surface area contributed by atoms with Crippen LogP contribution in [-0.2, 0) is 4.79 Å². The van der Waals surface area contributed by atoms with E-state index in [-0.39, 0.29) is 12.5 Å². The second-order valence-electron chi connectivity index (χ2n) is 4.36. The van der Waals surface area contributed by atoms with E-state index in [0.717, 1.165) is 16.6 Å². The maximum atomic E-state index is 11.8. The largest absolute Gasteiger partial charge is 0.398 e. The first-order valence-electron chi connectivity index (χ1n) is 6.24. The number of nitrogens with zero attached hydrogens (tertiary/aromatic N) is 2. The zero-order valence-corrected chi connectivity index (χ0v) is 11.2. The van der Waals surface area contributed by atoms with E-state index in [4.69, 9.17) is 5.73 Å². The van der Waals surface area contributed by atoms with Gasteiger partial charge in [-0.2, -0.15) is 0 Å². The minimum atomic E-state index is 0.0448. The van der Waals surface area contributed by atoms with Gasteiger partial charge in [0.2, 0.25) is 5.91 Å². The monoisotopic (exact) mass is 258 g/mol. The number of nitrogens with two attached hydrogens (primary N) is 1. The van der Waals surface area contributed by atoms with Crippen LogP contribution in [0.25, 0.3) is 10.9 Å². The summed E-state index contributed by atoms with van der Waals surface area (Å²) < 4.78 is 0. The minimum absolute atomic E-state index is 0.0448. The van der Waals surface area contributed by atoms with Crippen molar-refractivity contribution in [2.24, 2.45) is 0 Å². The SMILES string of the molecule is CCN(C)C(=O)CNc1ccc(N)c2cccnc12. The van der Waals surface area contributed by atoms with Gasteiger partial charge in [-0.25, -0.2) is 0 Å². The summed E-state index contributed by atoms with van der Waals surface area (Å²) in [7, 11) is 1.78. The lowest BCUT2D eigenvalue weighted by atomic mass is 10.1. The molecule has 0 aliphatic rings. The lowest BCUT2D eigenvalue weighted by molar-refractivity contribution is -0.127. The van der Waals surface area contributed by atoms with Gasteiger partial charge in [-0.3, -0.25) is 9.78 Å². The lowest BCUT2D eigenvalue weighted by Crippen LogP contribution is -2.31. The van der Waals surface area contributed by atoms with Gasteiger partial charge in [0.15, 0.2) is 0 Å². The Bertz CT molecular complexity index is 597. The van der Waals surface area contributed by atoms with Gasteiger partial charge in [0.1, 0.15) is 0 Å². The van der Waals surface area contributed by atoms with Crippen LogP contribution in [0.5, 0.6) is 0 Å². The molecule has 0 spiro atoms. The fraction of sp³-hybridized carbons (Fsp3) is 0.286. The molecule has 2 aromatic rings. The van der Waals surface area contributed by atoms with Crippen molar-refractivity contribution in [3.8, 4) is 0 Å². The van der Waals surface area contributed by atoms with Crippen LogP contribution in [0.15, 0.2) is 30.5 Å². The summed E-state index contributed by atoms with van der Waals surface area (Å²) in [6.45, 7) is 2.89. The standard InChI is InChI=1S/C14H18N4O/c1-3-18(2)13(19)9-17-12-7-6-11(15)10-5-4-8-16-14(10)12/h4-8,17H,3,9,15H2,1-2H3. The second kappa shape index (κ2) is 5.56. The van der Waals surface area contributed by atoms with Gasteiger partial charge < -0.3 is 16.0 Å². The summed E-state index contributed by atoms with van der Waals surface area (Å²) in [6.07, 6.45) is 1.72. The fourth-order valence-electron chi connectivity index (χ4n) is 1.82. The summed E-state index contributed by atoms with van der Waals surface area (Å²) in [6, 6.07) is 7.44. The molecule has 5 nitrogen and oxygen atoms in total. The molecule has 0 aliphatic heterocycles. The van der Waals surface area contributed by atoms with Crippen LogP contribution in [0, 0.1) is 0 Å². The van der Waals surface area contributed by atoms with Crippen molar-refractivity contribution in [3.05, 3.63) is 30.5 Å². The number of likely N-dealkylation sites (N-methyl/N-ethyl adjacent to an activating group) is 1. The number of benzene rings is 1. The first-order chi connectivity index (χ1) is 9.13. The summed E-state index contributed by atoms with van der Waals surface area (Å²) in [4.78, 5) is 17.8. The molecule has 0 atom stereocenters. The van der Waals surface area contributed by atoms with E-state index in [9.17, 15) is 4.79 Å². The Morgan fingerprint density at radius 2 is 2.21 bits per heavy atom. The van der Waals surface area contributed by atoms with Crippen molar-refractivity contribution in [2.45, 2.75) is 6.92 Å². The van der Waals surface area contributed by atoms with Crippen molar-refractivity contribution in [2.75, 3.05) is 31.2 Å². The van der Waals surface area contributed by atoms with Gasteiger partial charge in [-0.15, -0.1) is 0 Å². The fourth-order valence-corrected chi connectivity index (χ4v) is 1.82. The van der Waals surface area contributed by atoms with Crippen LogP contribution >= 0.6 is 0 Å². The predicted molar refractivity (Wildman–Crippen MR) is 78.0 cm³/mol. The highest BCUT2D eigenvalue weighted by atomic mass is 16.2. The normalized spacial score (nSPS) is 10.4. The van der Waals surface area contributed by atoms with Crippen molar-refractivity contribution >= 4 is 28.2 Å². The van der Waals surface area contributed by atoms with Crippen LogP contribution in [0.4, 0.5) is 11.4 Å². The first-order valence-corrected chi connectivity index (χ1v) is 6.24. The minimum Gasteiger partial charge on any atom is -0.398 e. The highest BCUT2D eigenvalue weighted by Crippen LogP contribution is 2.25. The lowest BCUT2D eigenvalue weighted by Gasteiger charge is -2.16. The Morgan fingerprint density at radius 1 is 1.42 bits per heavy atom. The van der Waals surface area contributed by atoms with E-state index in [2.05, 4.69) is 10.3 Å². The molecule has 2 rings (SSSR count). The third-order valence-electron chi connectivity index (χ3n) is 3.13. The van der Waals surface area contributed by atoms with Crippen LogP contribution in [0.1, 0.15) is 6.92 Å². The Morgan fingerprint density at radius 3 is 2.95 bits per heavy atom. The van der Waals surface area contributed by atoms with Crippen molar-refractivity contribution in [1.29, 1.82) is 0 Å². The number of anilines is 2. The smallest absolute Gasteiger partial charge is 0.241 e. The maximum absolute atomic E-state index is 11.8. The number of amides is 1. The number of aromatic nitrogens is 1.